The van der Waals surface area contributed by atoms with Crippen LogP contribution in [0.4, 0.5) is 5.82 Å². The number of benzene rings is 2. The lowest BCUT2D eigenvalue weighted by molar-refractivity contribution is 0.669. The van der Waals surface area contributed by atoms with Crippen molar-refractivity contribution in [2.75, 3.05) is 5.73 Å². The zero-order valence-electron chi connectivity index (χ0n) is 11.0. The Hall–Kier alpha value is -2.33. The Balaban J connectivity index is 2.02. The van der Waals surface area contributed by atoms with Gasteiger partial charge in [0.2, 0.25) is 0 Å². The van der Waals surface area contributed by atoms with Gasteiger partial charge in [-0.2, -0.15) is 0 Å². The molecular formula is C17H11BrN2O. The van der Waals surface area contributed by atoms with Crippen LogP contribution in [0.1, 0.15) is 0 Å². The molecule has 0 unspecified atom stereocenters. The molecule has 0 amide bonds. The van der Waals surface area contributed by atoms with Crippen molar-refractivity contribution in [3.63, 3.8) is 0 Å². The van der Waals surface area contributed by atoms with E-state index in [2.05, 4.69) is 33.0 Å². The van der Waals surface area contributed by atoms with E-state index in [1.807, 2.05) is 36.4 Å². The second-order valence-electron chi connectivity index (χ2n) is 4.90. The highest BCUT2D eigenvalue weighted by molar-refractivity contribution is 9.10. The number of para-hydroxylation sites is 1. The fourth-order valence-corrected chi connectivity index (χ4v) is 3.02. The number of rotatable bonds is 1. The van der Waals surface area contributed by atoms with Crippen molar-refractivity contribution in [1.82, 2.24) is 4.98 Å². The summed E-state index contributed by atoms with van der Waals surface area (Å²) < 4.78 is 6.77. The van der Waals surface area contributed by atoms with E-state index in [-0.39, 0.29) is 0 Å². The average Bonchev–Trinajstić information content (AvgIpc) is 2.87. The second-order valence-corrected chi connectivity index (χ2v) is 5.75. The van der Waals surface area contributed by atoms with Crippen LogP contribution in [0.3, 0.4) is 0 Å². The lowest BCUT2D eigenvalue weighted by atomic mass is 10.0. The van der Waals surface area contributed by atoms with Gasteiger partial charge >= 0.3 is 0 Å². The van der Waals surface area contributed by atoms with Crippen LogP contribution in [0.5, 0.6) is 0 Å². The Kier molecular flexibility index (Phi) is 2.72. The minimum Gasteiger partial charge on any atom is -0.456 e. The summed E-state index contributed by atoms with van der Waals surface area (Å²) in [6.07, 6.45) is 1.72. The van der Waals surface area contributed by atoms with E-state index in [0.717, 1.165) is 37.5 Å². The Labute approximate surface area is 129 Å². The molecule has 2 aromatic carbocycles. The number of pyridine rings is 1. The third-order valence-electron chi connectivity index (χ3n) is 3.56. The van der Waals surface area contributed by atoms with E-state index in [0.29, 0.717) is 5.82 Å². The maximum Gasteiger partial charge on any atom is 0.135 e. The second kappa shape index (κ2) is 4.60. The summed E-state index contributed by atoms with van der Waals surface area (Å²) in [7, 11) is 0. The number of aromatic nitrogens is 1. The number of fused-ring (bicyclic) bond motifs is 3. The molecule has 0 aliphatic rings. The van der Waals surface area contributed by atoms with Gasteiger partial charge in [-0.15, -0.1) is 0 Å². The van der Waals surface area contributed by atoms with Crippen LogP contribution in [-0.2, 0) is 0 Å². The van der Waals surface area contributed by atoms with Gasteiger partial charge in [-0.3, -0.25) is 0 Å². The number of furan rings is 1. The molecule has 4 rings (SSSR count). The topological polar surface area (TPSA) is 52.0 Å². The molecular weight excluding hydrogens is 328 g/mol. The quantitative estimate of drug-likeness (QED) is 0.531. The Morgan fingerprint density at radius 1 is 0.952 bits per heavy atom. The highest BCUT2D eigenvalue weighted by Gasteiger charge is 2.10. The zero-order chi connectivity index (χ0) is 14.4. The summed E-state index contributed by atoms with van der Waals surface area (Å²) in [6, 6.07) is 16.1. The minimum absolute atomic E-state index is 0.505. The van der Waals surface area contributed by atoms with Gasteiger partial charge in [0.1, 0.15) is 17.0 Å². The summed E-state index contributed by atoms with van der Waals surface area (Å²) in [5, 5.41) is 2.22. The van der Waals surface area contributed by atoms with E-state index >= 15 is 0 Å². The Morgan fingerprint density at radius 2 is 1.76 bits per heavy atom. The molecule has 0 radical (unpaired) electrons. The van der Waals surface area contributed by atoms with Gasteiger partial charge in [0.15, 0.2) is 0 Å². The molecule has 0 saturated carbocycles. The number of nitrogens with two attached hydrogens (primary N) is 1. The third-order valence-corrected chi connectivity index (χ3v) is 4.20. The lowest BCUT2D eigenvalue weighted by Gasteiger charge is -2.05. The first kappa shape index (κ1) is 12.4. The van der Waals surface area contributed by atoms with Crippen molar-refractivity contribution in [1.29, 1.82) is 0 Å². The molecule has 0 fully saturated rings. The van der Waals surface area contributed by atoms with Crippen LogP contribution in [0.25, 0.3) is 33.1 Å². The standard InChI is InChI=1S/C17H11BrN2O/c18-14-9-20-17(19)8-12(14)10-5-6-16-13(7-10)11-3-1-2-4-15(11)21-16/h1-9H,(H2,19,20). The number of halogens is 1. The molecule has 4 heteroatoms. The molecule has 0 spiro atoms. The van der Waals surface area contributed by atoms with Crippen molar-refractivity contribution < 1.29 is 4.42 Å². The smallest absolute Gasteiger partial charge is 0.135 e. The molecule has 0 aliphatic carbocycles. The first-order chi connectivity index (χ1) is 10.2. The largest absolute Gasteiger partial charge is 0.456 e. The zero-order valence-corrected chi connectivity index (χ0v) is 12.6. The predicted molar refractivity (Wildman–Crippen MR) is 89.1 cm³/mol. The summed E-state index contributed by atoms with van der Waals surface area (Å²) >= 11 is 3.53. The molecule has 3 nitrogen and oxygen atoms in total. The number of hydrogen-bond donors (Lipinski definition) is 1. The molecule has 102 valence electrons. The van der Waals surface area contributed by atoms with E-state index in [1.165, 1.54) is 0 Å². The molecule has 0 atom stereocenters. The maximum absolute atomic E-state index is 5.85. The number of anilines is 1. The van der Waals surface area contributed by atoms with Crippen LogP contribution < -0.4 is 5.73 Å². The monoisotopic (exact) mass is 338 g/mol. The molecule has 0 saturated heterocycles. The van der Waals surface area contributed by atoms with E-state index in [4.69, 9.17) is 10.2 Å². The normalized spacial score (nSPS) is 11.3. The van der Waals surface area contributed by atoms with Crippen LogP contribution in [0.2, 0.25) is 0 Å². The molecule has 0 bridgehead atoms. The predicted octanol–water partition coefficient (Wildman–Crippen LogP) is 4.99. The first-order valence-corrected chi connectivity index (χ1v) is 7.34. The molecule has 2 heterocycles. The van der Waals surface area contributed by atoms with Crippen LogP contribution in [0.15, 0.2) is 63.6 Å². The molecule has 4 aromatic rings. The molecule has 2 N–H and O–H groups in total. The van der Waals surface area contributed by atoms with Crippen molar-refractivity contribution >= 4 is 43.7 Å². The third kappa shape index (κ3) is 1.99. The van der Waals surface area contributed by atoms with E-state index in [9.17, 15) is 0 Å². The summed E-state index contributed by atoms with van der Waals surface area (Å²) in [5.74, 6) is 0.505. The lowest BCUT2D eigenvalue weighted by Crippen LogP contribution is -1.91. The highest BCUT2D eigenvalue weighted by atomic mass is 79.9. The Bertz CT molecular complexity index is 975. The number of nitrogen functional groups attached to an aromatic ring is 1. The first-order valence-electron chi connectivity index (χ1n) is 6.55. The van der Waals surface area contributed by atoms with Gasteiger partial charge in [0, 0.05) is 27.0 Å². The number of hydrogen-bond acceptors (Lipinski definition) is 3. The highest BCUT2D eigenvalue weighted by Crippen LogP contribution is 2.35. The molecule has 0 aliphatic heterocycles. The van der Waals surface area contributed by atoms with E-state index in [1.54, 1.807) is 6.20 Å². The number of nitrogens with zero attached hydrogens (tertiary/aromatic N) is 1. The Morgan fingerprint density at radius 3 is 2.67 bits per heavy atom. The van der Waals surface area contributed by atoms with E-state index < -0.39 is 0 Å². The fourth-order valence-electron chi connectivity index (χ4n) is 2.57. The van der Waals surface area contributed by atoms with Crippen LogP contribution in [0, 0.1) is 0 Å². The van der Waals surface area contributed by atoms with Gasteiger partial charge in [-0.05, 0) is 45.8 Å². The summed E-state index contributed by atoms with van der Waals surface area (Å²) in [5.41, 5.74) is 9.69. The molecule has 2 aromatic heterocycles. The van der Waals surface area contributed by atoms with Crippen molar-refractivity contribution in [3.05, 3.63) is 59.2 Å². The van der Waals surface area contributed by atoms with Crippen molar-refractivity contribution in [2.24, 2.45) is 0 Å². The maximum atomic E-state index is 5.85. The molecule has 21 heavy (non-hydrogen) atoms. The van der Waals surface area contributed by atoms with Crippen molar-refractivity contribution in [2.45, 2.75) is 0 Å². The van der Waals surface area contributed by atoms with Gasteiger partial charge in [-0.1, -0.05) is 24.3 Å². The van der Waals surface area contributed by atoms with Gasteiger partial charge in [0.25, 0.3) is 0 Å². The van der Waals surface area contributed by atoms with Gasteiger partial charge < -0.3 is 10.2 Å². The van der Waals surface area contributed by atoms with Gasteiger partial charge in [-0.25, -0.2) is 4.98 Å². The summed E-state index contributed by atoms with van der Waals surface area (Å²) in [6.45, 7) is 0. The SMILES string of the molecule is Nc1cc(-c2ccc3oc4ccccc4c3c2)c(Br)cn1. The van der Waals surface area contributed by atoms with Crippen LogP contribution >= 0.6 is 15.9 Å². The van der Waals surface area contributed by atoms with Gasteiger partial charge in [0.05, 0.1) is 0 Å². The average molecular weight is 339 g/mol. The van der Waals surface area contributed by atoms with Crippen LogP contribution in [-0.4, -0.2) is 4.98 Å². The minimum atomic E-state index is 0.505. The fraction of sp³-hybridized carbons (Fsp3) is 0. The van der Waals surface area contributed by atoms with Crippen molar-refractivity contribution in [3.8, 4) is 11.1 Å². The summed E-state index contributed by atoms with van der Waals surface area (Å²) in [4.78, 5) is 4.08.